The Morgan fingerprint density at radius 1 is 1.10 bits per heavy atom. The first kappa shape index (κ1) is 19.4. The van der Waals surface area contributed by atoms with Gasteiger partial charge in [0.05, 0.1) is 10.9 Å². The Morgan fingerprint density at radius 3 is 2.60 bits per heavy atom. The largest absolute Gasteiger partial charge is 0.331 e. The van der Waals surface area contributed by atoms with Crippen molar-refractivity contribution in [2.75, 3.05) is 5.32 Å². The molecule has 30 heavy (non-hydrogen) atoms. The van der Waals surface area contributed by atoms with Gasteiger partial charge < -0.3 is 9.88 Å². The lowest BCUT2D eigenvalue weighted by Gasteiger charge is -2.10. The van der Waals surface area contributed by atoms with Gasteiger partial charge in [0.1, 0.15) is 5.82 Å². The number of aromatic amines is 1. The van der Waals surface area contributed by atoms with E-state index >= 15 is 0 Å². The van der Waals surface area contributed by atoms with E-state index in [1.54, 1.807) is 30.5 Å². The third-order valence-corrected chi connectivity index (χ3v) is 4.98. The van der Waals surface area contributed by atoms with Crippen LogP contribution in [0.5, 0.6) is 0 Å². The highest BCUT2D eigenvalue weighted by molar-refractivity contribution is 5.90. The van der Waals surface area contributed by atoms with Crippen LogP contribution in [0.3, 0.4) is 0 Å². The number of benzene rings is 2. The lowest BCUT2D eigenvalue weighted by Crippen LogP contribution is -2.31. The number of rotatable bonds is 6. The minimum absolute atomic E-state index is 0.103. The van der Waals surface area contributed by atoms with Crippen LogP contribution in [0.2, 0.25) is 0 Å². The summed E-state index contributed by atoms with van der Waals surface area (Å²) >= 11 is 0. The normalized spacial score (nSPS) is 11.0. The molecule has 0 spiro atoms. The summed E-state index contributed by atoms with van der Waals surface area (Å²) in [5, 5.41) is 3.26. The fourth-order valence-corrected chi connectivity index (χ4v) is 3.36. The number of nitrogens with one attached hydrogen (secondary N) is 2. The number of carbonyl (C=O) groups is 1. The van der Waals surface area contributed by atoms with Crippen LogP contribution in [-0.4, -0.2) is 25.0 Å². The molecular formula is C22H21N5O3. The number of para-hydroxylation sites is 1. The predicted octanol–water partition coefficient (Wildman–Crippen LogP) is 2.27. The maximum Gasteiger partial charge on any atom is 0.328 e. The number of anilines is 1. The van der Waals surface area contributed by atoms with Crippen LogP contribution in [0.1, 0.15) is 17.8 Å². The first-order chi connectivity index (χ1) is 14.5. The summed E-state index contributed by atoms with van der Waals surface area (Å²) < 4.78 is 3.45. The molecule has 4 aromatic rings. The number of imidazole rings is 1. The van der Waals surface area contributed by atoms with Gasteiger partial charge in [0.15, 0.2) is 0 Å². The molecule has 8 heteroatoms. The zero-order valence-corrected chi connectivity index (χ0v) is 16.5. The summed E-state index contributed by atoms with van der Waals surface area (Å²) in [5.41, 5.74) is 1.34. The van der Waals surface area contributed by atoms with Gasteiger partial charge >= 0.3 is 5.69 Å². The van der Waals surface area contributed by atoms with Crippen LogP contribution in [0.15, 0.2) is 70.5 Å². The van der Waals surface area contributed by atoms with Crippen LogP contribution >= 0.6 is 0 Å². The van der Waals surface area contributed by atoms with Crippen molar-refractivity contribution >= 4 is 22.5 Å². The summed E-state index contributed by atoms with van der Waals surface area (Å²) in [7, 11) is 0. The van der Waals surface area contributed by atoms with E-state index in [2.05, 4.69) is 15.3 Å². The van der Waals surface area contributed by atoms with Crippen LogP contribution < -0.4 is 16.6 Å². The Hall–Kier alpha value is -3.94. The topological polar surface area (TPSA) is 102 Å². The molecule has 8 nitrogen and oxygen atoms in total. The Labute approximate surface area is 171 Å². The van der Waals surface area contributed by atoms with Crippen molar-refractivity contribution < 1.29 is 4.79 Å². The Bertz CT molecular complexity index is 1320. The second-order valence-corrected chi connectivity index (χ2v) is 7.03. The second kappa shape index (κ2) is 8.20. The molecule has 2 heterocycles. The smallest absolute Gasteiger partial charge is 0.328 e. The molecule has 0 atom stereocenters. The summed E-state index contributed by atoms with van der Waals surface area (Å²) in [5.74, 6) is 0.729. The quantitative estimate of drug-likeness (QED) is 0.516. The summed E-state index contributed by atoms with van der Waals surface area (Å²) in [4.78, 5) is 43.0. The monoisotopic (exact) mass is 403 g/mol. The van der Waals surface area contributed by atoms with Crippen molar-refractivity contribution in [2.24, 2.45) is 0 Å². The van der Waals surface area contributed by atoms with Gasteiger partial charge in [0.25, 0.3) is 5.56 Å². The van der Waals surface area contributed by atoms with Crippen LogP contribution in [-0.2, 0) is 17.9 Å². The number of hydrogen-bond acceptors (Lipinski definition) is 4. The third-order valence-electron chi connectivity index (χ3n) is 4.98. The van der Waals surface area contributed by atoms with Crippen LogP contribution in [0.25, 0.3) is 10.9 Å². The number of nitrogens with zero attached hydrogens (tertiary/aromatic N) is 3. The predicted molar refractivity (Wildman–Crippen MR) is 115 cm³/mol. The van der Waals surface area contributed by atoms with Crippen molar-refractivity contribution in [1.82, 2.24) is 19.1 Å². The zero-order valence-electron chi connectivity index (χ0n) is 16.5. The van der Waals surface area contributed by atoms with Crippen molar-refractivity contribution in [3.8, 4) is 0 Å². The molecule has 1 amide bonds. The minimum atomic E-state index is -0.523. The van der Waals surface area contributed by atoms with Gasteiger partial charge in [0.2, 0.25) is 5.91 Å². The number of amides is 1. The van der Waals surface area contributed by atoms with Crippen molar-refractivity contribution in [1.29, 1.82) is 0 Å². The van der Waals surface area contributed by atoms with E-state index in [1.807, 2.05) is 42.0 Å². The standard InChI is InChI=1S/C22H21N5O3/c1-15-23-11-13-26(15)14-16-6-8-17(9-7-16)24-20(28)10-12-27-19-5-3-2-4-18(19)21(29)25-22(27)30/h2-9,11,13H,10,12,14H2,1H3,(H,24,28)(H,25,29,30). The van der Waals surface area contributed by atoms with Crippen molar-refractivity contribution in [3.05, 3.63) is 93.2 Å². The molecule has 0 aliphatic carbocycles. The number of fused-ring (bicyclic) bond motifs is 1. The van der Waals surface area contributed by atoms with Gasteiger partial charge in [-0.1, -0.05) is 24.3 Å². The summed E-state index contributed by atoms with van der Waals surface area (Å²) in [6.45, 7) is 2.83. The molecule has 0 fully saturated rings. The molecule has 0 radical (unpaired) electrons. The average Bonchev–Trinajstić information content (AvgIpc) is 3.14. The lowest BCUT2D eigenvalue weighted by molar-refractivity contribution is -0.116. The zero-order chi connectivity index (χ0) is 21.1. The van der Waals surface area contributed by atoms with Crippen LogP contribution in [0.4, 0.5) is 5.69 Å². The third kappa shape index (κ3) is 4.07. The fraction of sp³-hybridized carbons (Fsp3) is 0.182. The minimum Gasteiger partial charge on any atom is -0.331 e. The van der Waals surface area contributed by atoms with Crippen molar-refractivity contribution in [3.63, 3.8) is 0 Å². The fourth-order valence-electron chi connectivity index (χ4n) is 3.36. The highest BCUT2D eigenvalue weighted by Crippen LogP contribution is 2.13. The number of aryl methyl sites for hydroxylation is 2. The highest BCUT2D eigenvalue weighted by atomic mass is 16.2. The molecule has 0 saturated carbocycles. The van der Waals surface area contributed by atoms with Crippen molar-refractivity contribution in [2.45, 2.75) is 26.4 Å². The maximum absolute atomic E-state index is 12.4. The van der Waals surface area contributed by atoms with E-state index in [-0.39, 0.29) is 18.9 Å². The maximum atomic E-state index is 12.4. The second-order valence-electron chi connectivity index (χ2n) is 7.03. The molecule has 0 aliphatic rings. The van der Waals surface area contributed by atoms with E-state index in [0.717, 1.165) is 11.4 Å². The molecule has 2 N–H and O–H groups in total. The number of aromatic nitrogens is 4. The molecule has 2 aromatic carbocycles. The van der Waals surface area contributed by atoms with E-state index < -0.39 is 11.2 Å². The Morgan fingerprint density at radius 2 is 1.87 bits per heavy atom. The first-order valence-electron chi connectivity index (χ1n) is 9.59. The molecule has 0 aliphatic heterocycles. The van der Waals surface area contributed by atoms with Gasteiger partial charge in [-0.25, -0.2) is 9.78 Å². The Kier molecular flexibility index (Phi) is 5.30. The Balaban J connectivity index is 1.41. The summed E-state index contributed by atoms with van der Waals surface area (Å²) in [6, 6.07) is 14.4. The van der Waals surface area contributed by atoms with E-state index in [0.29, 0.717) is 23.1 Å². The van der Waals surface area contributed by atoms with Gasteiger partial charge in [-0.2, -0.15) is 0 Å². The molecule has 0 saturated heterocycles. The van der Waals surface area contributed by atoms with E-state index in [4.69, 9.17) is 0 Å². The van der Waals surface area contributed by atoms with Crippen LogP contribution in [0, 0.1) is 6.92 Å². The lowest BCUT2D eigenvalue weighted by atomic mass is 10.2. The molecule has 152 valence electrons. The highest BCUT2D eigenvalue weighted by Gasteiger charge is 2.09. The first-order valence-corrected chi connectivity index (χ1v) is 9.59. The van der Waals surface area contributed by atoms with Gasteiger partial charge in [-0.15, -0.1) is 0 Å². The number of hydrogen-bond donors (Lipinski definition) is 2. The van der Waals surface area contributed by atoms with Gasteiger partial charge in [-0.05, 0) is 36.8 Å². The molecule has 4 rings (SSSR count). The SMILES string of the molecule is Cc1nccn1Cc1ccc(NC(=O)CCn2c(=O)[nH]c(=O)c3ccccc32)cc1. The van der Waals surface area contributed by atoms with Gasteiger partial charge in [-0.3, -0.25) is 19.1 Å². The van der Waals surface area contributed by atoms with E-state index in [9.17, 15) is 14.4 Å². The molecule has 0 unspecified atom stereocenters. The molecular weight excluding hydrogens is 382 g/mol. The van der Waals surface area contributed by atoms with Gasteiger partial charge in [0, 0.05) is 37.6 Å². The summed E-state index contributed by atoms with van der Waals surface area (Å²) in [6.07, 6.45) is 3.79. The molecule has 0 bridgehead atoms. The number of carbonyl (C=O) groups excluding carboxylic acids is 1. The van der Waals surface area contributed by atoms with E-state index in [1.165, 1.54) is 4.57 Å². The molecule has 2 aromatic heterocycles. The number of H-pyrrole nitrogens is 1. The average molecular weight is 403 g/mol.